The van der Waals surface area contributed by atoms with Crippen molar-refractivity contribution in [3.8, 4) is 0 Å². The molecular formula is C20H26N4O3. The van der Waals surface area contributed by atoms with Crippen LogP contribution in [0.5, 0.6) is 0 Å². The van der Waals surface area contributed by atoms with Crippen molar-refractivity contribution in [2.45, 2.75) is 40.2 Å². The van der Waals surface area contributed by atoms with Crippen molar-refractivity contribution in [2.75, 3.05) is 13.7 Å². The van der Waals surface area contributed by atoms with E-state index in [-0.39, 0.29) is 6.61 Å². The first kappa shape index (κ1) is 20.5. The van der Waals surface area contributed by atoms with Crippen LogP contribution in [0.15, 0.2) is 40.6 Å². The van der Waals surface area contributed by atoms with Gasteiger partial charge in [0.05, 0.1) is 18.0 Å². The van der Waals surface area contributed by atoms with Crippen LogP contribution in [-0.4, -0.2) is 40.2 Å². The van der Waals surface area contributed by atoms with Crippen molar-refractivity contribution in [3.63, 3.8) is 0 Å². The molecule has 2 heterocycles. The molecule has 0 spiro atoms. The Kier molecular flexibility index (Phi) is 7.88. The summed E-state index contributed by atoms with van der Waals surface area (Å²) < 4.78 is 0. The van der Waals surface area contributed by atoms with Gasteiger partial charge >= 0.3 is 0 Å². The zero-order valence-corrected chi connectivity index (χ0v) is 16.3. The molecule has 0 bridgehead atoms. The summed E-state index contributed by atoms with van der Waals surface area (Å²) in [5.41, 5.74) is 5.51. The number of aromatic nitrogens is 2. The number of nitrogens with zero attached hydrogens (tertiary/aromatic N) is 4. The van der Waals surface area contributed by atoms with Crippen LogP contribution in [0.3, 0.4) is 0 Å². The van der Waals surface area contributed by atoms with Crippen molar-refractivity contribution < 1.29 is 14.8 Å². The number of pyridine rings is 2. The van der Waals surface area contributed by atoms with Crippen LogP contribution in [0, 0.1) is 6.92 Å². The minimum atomic E-state index is -0.0493. The second-order valence-electron chi connectivity index (χ2n) is 6.15. The Labute approximate surface area is 159 Å². The van der Waals surface area contributed by atoms with E-state index < -0.39 is 0 Å². The average Bonchev–Trinajstić information content (AvgIpc) is 2.67. The first-order valence-electron chi connectivity index (χ1n) is 8.83. The molecule has 2 aromatic rings. The third-order valence-corrected chi connectivity index (χ3v) is 3.85. The van der Waals surface area contributed by atoms with Crippen LogP contribution >= 0.6 is 0 Å². The molecule has 7 heteroatoms. The first-order valence-corrected chi connectivity index (χ1v) is 8.83. The van der Waals surface area contributed by atoms with E-state index in [1.54, 1.807) is 6.07 Å². The lowest BCUT2D eigenvalue weighted by Gasteiger charge is -2.07. The maximum atomic E-state index is 9.45. The Bertz CT molecular complexity index is 819. The van der Waals surface area contributed by atoms with Gasteiger partial charge in [0.25, 0.3) is 0 Å². The van der Waals surface area contributed by atoms with Crippen LogP contribution in [0.25, 0.3) is 0 Å². The number of rotatable bonds is 9. The summed E-state index contributed by atoms with van der Waals surface area (Å²) in [6.07, 6.45) is 1.46. The third kappa shape index (κ3) is 6.45. The van der Waals surface area contributed by atoms with Crippen LogP contribution < -0.4 is 0 Å². The number of aryl methyl sites for hydroxylation is 2. The molecule has 144 valence electrons. The molecule has 0 aliphatic carbocycles. The highest BCUT2D eigenvalue weighted by atomic mass is 16.6. The highest BCUT2D eigenvalue weighted by molar-refractivity contribution is 5.97. The van der Waals surface area contributed by atoms with Crippen molar-refractivity contribution in [1.29, 1.82) is 0 Å². The molecule has 0 radical (unpaired) electrons. The normalized spacial score (nSPS) is 12.2. The molecule has 0 fully saturated rings. The first-order chi connectivity index (χ1) is 13.0. The Balaban J connectivity index is 1.92. The monoisotopic (exact) mass is 370 g/mol. The van der Waals surface area contributed by atoms with Gasteiger partial charge in [-0.25, -0.2) is 0 Å². The minimum Gasteiger partial charge on any atom is -0.399 e. The minimum absolute atomic E-state index is 0.0493. The predicted octanol–water partition coefficient (Wildman–Crippen LogP) is 3.02. The summed E-state index contributed by atoms with van der Waals surface area (Å²) in [7, 11) is 1.49. The number of aliphatic hydroxyl groups is 1. The Morgan fingerprint density at radius 3 is 2.56 bits per heavy atom. The van der Waals surface area contributed by atoms with Crippen LogP contribution in [0.2, 0.25) is 0 Å². The summed E-state index contributed by atoms with van der Waals surface area (Å²) in [6.45, 7) is 6.05. The second-order valence-corrected chi connectivity index (χ2v) is 6.15. The van der Waals surface area contributed by atoms with Crippen LogP contribution in [0.4, 0.5) is 0 Å². The van der Waals surface area contributed by atoms with Crippen LogP contribution in [-0.2, 0) is 22.7 Å². The smallest absolute Gasteiger partial charge is 0.117 e. The highest BCUT2D eigenvalue weighted by Gasteiger charge is 2.06. The fraction of sp³-hybridized carbons (Fsp3) is 0.400. The second kappa shape index (κ2) is 10.4. The van der Waals surface area contributed by atoms with Crippen molar-refractivity contribution in [1.82, 2.24) is 9.97 Å². The fourth-order valence-corrected chi connectivity index (χ4v) is 2.49. The fourth-order valence-electron chi connectivity index (χ4n) is 2.49. The molecule has 2 rings (SSSR count). The average molecular weight is 370 g/mol. The molecule has 0 unspecified atom stereocenters. The maximum Gasteiger partial charge on any atom is 0.117 e. The zero-order chi connectivity index (χ0) is 19.6. The van der Waals surface area contributed by atoms with E-state index in [2.05, 4.69) is 20.3 Å². The van der Waals surface area contributed by atoms with E-state index in [1.165, 1.54) is 7.11 Å². The van der Waals surface area contributed by atoms with Gasteiger partial charge < -0.3 is 14.8 Å². The van der Waals surface area contributed by atoms with Gasteiger partial charge in [-0.2, -0.15) is 0 Å². The molecule has 0 saturated heterocycles. The zero-order valence-electron chi connectivity index (χ0n) is 16.3. The standard InChI is InChI=1S/C20H26N4O3/c1-14-7-5-9-19(21-14)15(2)24-27-10-6-8-18-11-17(13-25)12-20(22-18)16(3)23-26-4/h5,7,9,11-12,25H,6,8,10,13H2,1-4H3. The summed E-state index contributed by atoms with van der Waals surface area (Å²) in [4.78, 5) is 19.2. The summed E-state index contributed by atoms with van der Waals surface area (Å²) >= 11 is 0. The van der Waals surface area contributed by atoms with Crippen LogP contribution in [0.1, 0.15) is 48.6 Å². The lowest BCUT2D eigenvalue weighted by molar-refractivity contribution is 0.141. The molecule has 7 nitrogen and oxygen atoms in total. The van der Waals surface area contributed by atoms with Crippen molar-refractivity contribution in [3.05, 3.63) is 58.7 Å². The molecule has 0 atom stereocenters. The Morgan fingerprint density at radius 2 is 1.85 bits per heavy atom. The van der Waals surface area contributed by atoms with Gasteiger partial charge in [0, 0.05) is 11.4 Å². The van der Waals surface area contributed by atoms with Crippen molar-refractivity contribution >= 4 is 11.4 Å². The Morgan fingerprint density at radius 1 is 1.07 bits per heavy atom. The van der Waals surface area contributed by atoms with Gasteiger partial charge in [0.2, 0.25) is 0 Å². The van der Waals surface area contributed by atoms with E-state index in [4.69, 9.17) is 9.68 Å². The predicted molar refractivity (Wildman–Crippen MR) is 105 cm³/mol. The molecule has 2 aromatic heterocycles. The molecule has 0 saturated carbocycles. The third-order valence-electron chi connectivity index (χ3n) is 3.85. The van der Waals surface area contributed by atoms with E-state index >= 15 is 0 Å². The number of oxime groups is 2. The molecule has 27 heavy (non-hydrogen) atoms. The number of hydrogen-bond acceptors (Lipinski definition) is 7. The molecule has 0 amide bonds. The van der Waals surface area contributed by atoms with Crippen molar-refractivity contribution in [2.24, 2.45) is 10.3 Å². The summed E-state index contributed by atoms with van der Waals surface area (Å²) in [5, 5.41) is 17.5. The molecule has 0 aliphatic heterocycles. The van der Waals surface area contributed by atoms with E-state index in [0.717, 1.165) is 34.8 Å². The molecule has 1 N–H and O–H groups in total. The van der Waals surface area contributed by atoms with E-state index in [9.17, 15) is 5.11 Å². The molecule has 0 aromatic carbocycles. The van der Waals surface area contributed by atoms with Gasteiger partial charge in [-0.05, 0) is 63.4 Å². The van der Waals surface area contributed by atoms with Gasteiger partial charge in [0.15, 0.2) is 0 Å². The van der Waals surface area contributed by atoms with Gasteiger partial charge in [-0.15, -0.1) is 0 Å². The largest absolute Gasteiger partial charge is 0.399 e. The van der Waals surface area contributed by atoms with E-state index in [1.807, 2.05) is 45.0 Å². The van der Waals surface area contributed by atoms with Gasteiger partial charge in [-0.3, -0.25) is 9.97 Å². The van der Waals surface area contributed by atoms with E-state index in [0.29, 0.717) is 24.4 Å². The quantitative estimate of drug-likeness (QED) is 0.416. The van der Waals surface area contributed by atoms with Gasteiger partial charge in [0.1, 0.15) is 25.1 Å². The summed E-state index contributed by atoms with van der Waals surface area (Å²) in [5.74, 6) is 0. The lowest BCUT2D eigenvalue weighted by Crippen LogP contribution is -2.06. The SMILES string of the molecule is CON=C(C)c1cc(CO)cc(CCCON=C(C)c2cccc(C)n2)n1. The topological polar surface area (TPSA) is 89.2 Å². The summed E-state index contributed by atoms with van der Waals surface area (Å²) in [6, 6.07) is 9.49. The maximum absolute atomic E-state index is 9.45. The number of aliphatic hydroxyl groups excluding tert-OH is 1. The van der Waals surface area contributed by atoms with Gasteiger partial charge in [-0.1, -0.05) is 16.4 Å². The molecule has 0 aliphatic rings. The molecular weight excluding hydrogens is 344 g/mol. The lowest BCUT2D eigenvalue weighted by atomic mass is 10.1. The number of hydrogen-bond donors (Lipinski definition) is 1. The highest BCUT2D eigenvalue weighted by Crippen LogP contribution is 2.10. The Hall–Kier alpha value is -2.80.